The molecule has 2 aromatic carbocycles. The first kappa shape index (κ1) is 25.4. The van der Waals surface area contributed by atoms with Crippen molar-refractivity contribution in [2.75, 3.05) is 12.0 Å². The molecule has 0 atom stereocenters. The van der Waals surface area contributed by atoms with Crippen molar-refractivity contribution < 1.29 is 40.6 Å². The molecule has 0 aliphatic rings. The Labute approximate surface area is 194 Å². The van der Waals surface area contributed by atoms with Gasteiger partial charge in [-0.15, -0.1) is 13.2 Å². The Balaban J connectivity index is 2.08. The van der Waals surface area contributed by atoms with Crippen molar-refractivity contribution in [1.29, 1.82) is 5.26 Å². The van der Waals surface area contributed by atoms with Gasteiger partial charge in [-0.05, 0) is 48.0 Å². The molecule has 0 bridgehead atoms. The molecule has 35 heavy (non-hydrogen) atoms. The van der Waals surface area contributed by atoms with Gasteiger partial charge in [0, 0.05) is 11.9 Å². The van der Waals surface area contributed by atoms with Crippen LogP contribution in [0.25, 0.3) is 0 Å². The van der Waals surface area contributed by atoms with E-state index in [-0.39, 0.29) is 12.1 Å². The van der Waals surface area contributed by atoms with Crippen molar-refractivity contribution in [2.24, 2.45) is 0 Å². The highest BCUT2D eigenvalue weighted by atomic mass is 19.4. The quantitative estimate of drug-likeness (QED) is 0.405. The van der Waals surface area contributed by atoms with Crippen LogP contribution in [-0.2, 0) is 17.4 Å². The number of anilines is 2. The Morgan fingerprint density at radius 2 is 1.60 bits per heavy atom. The van der Waals surface area contributed by atoms with Gasteiger partial charge in [-0.3, -0.25) is 9.69 Å². The number of benzene rings is 2. The number of halogens is 6. The number of methoxy groups -OCH3 is 1. The van der Waals surface area contributed by atoms with Gasteiger partial charge in [-0.2, -0.15) is 18.4 Å². The van der Waals surface area contributed by atoms with Gasteiger partial charge < -0.3 is 9.47 Å². The van der Waals surface area contributed by atoms with Crippen LogP contribution in [0.1, 0.15) is 16.8 Å². The van der Waals surface area contributed by atoms with E-state index in [4.69, 9.17) is 4.74 Å². The first-order chi connectivity index (χ1) is 16.4. The third kappa shape index (κ3) is 6.41. The summed E-state index contributed by atoms with van der Waals surface area (Å²) in [5, 5.41) is 9.42. The number of alkyl halides is 6. The fourth-order valence-corrected chi connectivity index (χ4v) is 3.08. The van der Waals surface area contributed by atoms with E-state index < -0.39 is 41.1 Å². The molecule has 0 aliphatic carbocycles. The summed E-state index contributed by atoms with van der Waals surface area (Å²) < 4.78 is 86.4. The van der Waals surface area contributed by atoms with Crippen molar-refractivity contribution in [3.05, 3.63) is 77.6 Å². The van der Waals surface area contributed by atoms with E-state index in [2.05, 4.69) is 9.72 Å². The van der Waals surface area contributed by atoms with E-state index in [9.17, 15) is 36.4 Å². The molecule has 6 nitrogen and oxygen atoms in total. The fourth-order valence-electron chi connectivity index (χ4n) is 3.08. The van der Waals surface area contributed by atoms with Crippen molar-refractivity contribution in [1.82, 2.24) is 4.98 Å². The zero-order valence-corrected chi connectivity index (χ0v) is 17.8. The maximum absolute atomic E-state index is 13.3. The van der Waals surface area contributed by atoms with E-state index in [1.807, 2.05) is 0 Å². The smallest absolute Gasteiger partial charge is 0.497 e. The molecule has 1 aromatic heterocycles. The number of carbonyl (C=O) groups excluding carboxylic acids is 1. The van der Waals surface area contributed by atoms with Crippen molar-refractivity contribution in [2.45, 2.75) is 19.0 Å². The molecule has 3 rings (SSSR count). The van der Waals surface area contributed by atoms with Crippen LogP contribution in [0.15, 0.2) is 60.8 Å². The van der Waals surface area contributed by atoms with E-state index >= 15 is 0 Å². The Morgan fingerprint density at radius 3 is 2.11 bits per heavy atom. The molecular weight excluding hydrogens is 480 g/mol. The summed E-state index contributed by atoms with van der Waals surface area (Å²) in [6, 6.07) is 12.4. The van der Waals surface area contributed by atoms with E-state index in [0.29, 0.717) is 23.6 Å². The topological polar surface area (TPSA) is 75.4 Å². The van der Waals surface area contributed by atoms with Crippen LogP contribution in [0, 0.1) is 11.3 Å². The first-order valence-electron chi connectivity index (χ1n) is 9.70. The second kappa shape index (κ2) is 9.92. The third-order valence-corrected chi connectivity index (χ3v) is 4.63. The molecule has 1 heterocycles. The van der Waals surface area contributed by atoms with Crippen LogP contribution in [-0.4, -0.2) is 24.4 Å². The molecule has 3 aromatic rings. The number of rotatable bonds is 6. The zero-order chi connectivity index (χ0) is 25.8. The van der Waals surface area contributed by atoms with Crippen LogP contribution >= 0.6 is 0 Å². The minimum absolute atomic E-state index is 0.101. The second-order valence-corrected chi connectivity index (χ2v) is 7.00. The number of ether oxygens (including phenoxy) is 2. The number of nitriles is 1. The average molecular weight is 495 g/mol. The lowest BCUT2D eigenvalue weighted by Gasteiger charge is -2.25. The maximum atomic E-state index is 13.3. The lowest BCUT2D eigenvalue weighted by molar-refractivity contribution is -0.274. The van der Waals surface area contributed by atoms with Gasteiger partial charge >= 0.3 is 12.5 Å². The highest BCUT2D eigenvalue weighted by molar-refractivity contribution is 6.02. The highest BCUT2D eigenvalue weighted by Crippen LogP contribution is 2.36. The number of hydrogen-bond donors (Lipinski definition) is 0. The number of hydrogen-bond acceptors (Lipinski definition) is 5. The standard InChI is InChI=1S/C23H15F6N3O3/c1-34-17-6-2-14(3-7-17)10-21(33)32(16-4-8-18(9-5-16)35-23(27,28)29)20-11-15(22(24,25)26)13-31-19(20)12-30/h2-9,11,13H,10H2,1H3. The maximum Gasteiger partial charge on any atom is 0.573 e. The Bertz CT molecular complexity index is 1230. The lowest BCUT2D eigenvalue weighted by atomic mass is 10.1. The fraction of sp³-hybridized carbons (Fsp3) is 0.174. The van der Waals surface area contributed by atoms with E-state index in [1.165, 1.54) is 7.11 Å². The van der Waals surface area contributed by atoms with E-state index in [1.54, 1.807) is 30.3 Å². The summed E-state index contributed by atoms with van der Waals surface area (Å²) in [5.74, 6) is -0.865. The molecule has 0 radical (unpaired) electrons. The Hall–Kier alpha value is -4.27. The molecule has 0 saturated heterocycles. The molecule has 0 saturated carbocycles. The first-order valence-corrected chi connectivity index (χ1v) is 9.70. The van der Waals surface area contributed by atoms with Gasteiger partial charge in [0.2, 0.25) is 5.91 Å². The highest BCUT2D eigenvalue weighted by Gasteiger charge is 2.34. The van der Waals surface area contributed by atoms with Crippen LogP contribution < -0.4 is 14.4 Å². The minimum atomic E-state index is -4.97. The number of amides is 1. The van der Waals surface area contributed by atoms with Gasteiger partial charge in [0.1, 0.15) is 17.6 Å². The van der Waals surface area contributed by atoms with Crippen molar-refractivity contribution >= 4 is 17.3 Å². The van der Waals surface area contributed by atoms with Crippen molar-refractivity contribution in [3.63, 3.8) is 0 Å². The summed E-state index contributed by atoms with van der Waals surface area (Å²) in [5.41, 5.74) is -1.82. The molecular formula is C23H15F6N3O3. The summed E-state index contributed by atoms with van der Waals surface area (Å²) in [7, 11) is 1.44. The third-order valence-electron chi connectivity index (χ3n) is 4.63. The van der Waals surface area contributed by atoms with Gasteiger partial charge in [0.05, 0.1) is 24.8 Å². The predicted octanol–water partition coefficient (Wildman–Crippen LogP) is 5.79. The summed E-state index contributed by atoms with van der Waals surface area (Å²) in [6.07, 6.45) is -9.66. The molecule has 0 aliphatic heterocycles. The van der Waals surface area contributed by atoms with Crippen molar-refractivity contribution in [3.8, 4) is 17.6 Å². The number of aromatic nitrogens is 1. The number of pyridine rings is 1. The summed E-state index contributed by atoms with van der Waals surface area (Å²) in [4.78, 5) is 17.6. The van der Waals surface area contributed by atoms with E-state index in [0.717, 1.165) is 29.2 Å². The van der Waals surface area contributed by atoms with Crippen LogP contribution in [0.3, 0.4) is 0 Å². The molecule has 12 heteroatoms. The molecule has 0 spiro atoms. The Kier molecular flexibility index (Phi) is 7.19. The average Bonchev–Trinajstić information content (AvgIpc) is 2.79. The molecule has 1 amide bonds. The molecule has 0 unspecified atom stereocenters. The number of carbonyl (C=O) groups is 1. The Morgan fingerprint density at radius 1 is 1.00 bits per heavy atom. The zero-order valence-electron chi connectivity index (χ0n) is 17.8. The monoisotopic (exact) mass is 495 g/mol. The summed E-state index contributed by atoms with van der Waals surface area (Å²) in [6.45, 7) is 0. The van der Waals surface area contributed by atoms with Gasteiger partial charge in [-0.25, -0.2) is 4.98 Å². The largest absolute Gasteiger partial charge is 0.573 e. The molecule has 0 N–H and O–H groups in total. The van der Waals surface area contributed by atoms with Crippen LogP contribution in [0.2, 0.25) is 0 Å². The lowest BCUT2D eigenvalue weighted by Crippen LogP contribution is -2.29. The SMILES string of the molecule is COc1ccc(CC(=O)N(c2ccc(OC(F)(F)F)cc2)c2cc(C(F)(F)F)cnc2C#N)cc1. The summed E-state index contributed by atoms with van der Waals surface area (Å²) >= 11 is 0. The second-order valence-electron chi connectivity index (χ2n) is 7.00. The normalized spacial score (nSPS) is 11.5. The molecule has 182 valence electrons. The van der Waals surface area contributed by atoms with Gasteiger partial charge in [0.25, 0.3) is 0 Å². The van der Waals surface area contributed by atoms with Crippen LogP contribution in [0.5, 0.6) is 11.5 Å². The molecule has 0 fully saturated rings. The number of nitrogens with zero attached hydrogens (tertiary/aromatic N) is 3. The minimum Gasteiger partial charge on any atom is -0.497 e. The van der Waals surface area contributed by atoms with Gasteiger partial charge in [0.15, 0.2) is 5.69 Å². The predicted molar refractivity (Wildman–Crippen MR) is 111 cm³/mol. The van der Waals surface area contributed by atoms with Gasteiger partial charge in [-0.1, -0.05) is 12.1 Å². The van der Waals surface area contributed by atoms with Crippen LogP contribution in [0.4, 0.5) is 37.7 Å².